The van der Waals surface area contributed by atoms with E-state index in [4.69, 9.17) is 14.9 Å². The van der Waals surface area contributed by atoms with Gasteiger partial charge >= 0.3 is 63.7 Å². The molecule has 1 aliphatic rings. The van der Waals surface area contributed by atoms with Crippen molar-refractivity contribution in [2.75, 3.05) is 28.3 Å². The minimum absolute atomic E-state index is 0. The molecule has 2 aromatic rings. The Balaban J connectivity index is 0.00000346. The van der Waals surface area contributed by atoms with Gasteiger partial charge in [0, 0.05) is 30.7 Å². The smallest absolute Gasteiger partial charge is 0.689 e. The van der Waals surface area contributed by atoms with Gasteiger partial charge in [-0.05, 0) is 43.9 Å². The summed E-state index contributed by atoms with van der Waals surface area (Å²) in [6, 6.07) is 4.31. The Hall–Kier alpha value is -2.43. The molecule has 0 spiro atoms. The molecule has 248 valence electrons. The molecule has 15 heteroatoms. The minimum Gasteiger partial charge on any atom is -0.689 e. The summed E-state index contributed by atoms with van der Waals surface area (Å²) in [5.74, 6) is -0.640. The quantitative estimate of drug-likeness (QED) is 0.142. The van der Waals surface area contributed by atoms with Crippen molar-refractivity contribution >= 4 is 17.2 Å². The zero-order valence-corrected chi connectivity index (χ0v) is 30.4. The molecule has 0 bridgehead atoms. The number of hydrogen-bond donors (Lipinski definition) is 2. The molecule has 1 unspecified atom stereocenters. The van der Waals surface area contributed by atoms with Crippen molar-refractivity contribution in [2.45, 2.75) is 58.6 Å². The number of benzene rings is 1. The van der Waals surface area contributed by atoms with Gasteiger partial charge in [-0.3, -0.25) is 5.41 Å². The van der Waals surface area contributed by atoms with Crippen LogP contribution in [-0.4, -0.2) is 61.4 Å². The maximum Gasteiger partial charge on any atom is 1.00 e. The fraction of sp³-hybridized carbons (Fsp3) is 0.452. The fourth-order valence-corrected chi connectivity index (χ4v) is 4.19. The Morgan fingerprint density at radius 2 is 1.76 bits per heavy atom. The van der Waals surface area contributed by atoms with E-state index >= 15 is 0 Å². The van der Waals surface area contributed by atoms with E-state index in [2.05, 4.69) is 27.2 Å². The van der Waals surface area contributed by atoms with Crippen molar-refractivity contribution in [3.05, 3.63) is 82.3 Å². The van der Waals surface area contributed by atoms with E-state index in [1.54, 1.807) is 31.3 Å². The van der Waals surface area contributed by atoms with Gasteiger partial charge in [0.1, 0.15) is 12.6 Å². The molecule has 1 aromatic carbocycles. The van der Waals surface area contributed by atoms with Crippen LogP contribution in [0, 0.1) is 11.3 Å². The van der Waals surface area contributed by atoms with Crippen LogP contribution in [0.1, 0.15) is 62.2 Å². The molecular weight excluding hydrogens is 641 g/mol. The molecule has 1 aliphatic carbocycles. The van der Waals surface area contributed by atoms with Gasteiger partial charge in [0.05, 0.1) is 18.2 Å². The van der Waals surface area contributed by atoms with E-state index in [1.165, 1.54) is 19.1 Å². The first-order chi connectivity index (χ1) is 21.1. The number of ether oxygens (including phenoxy) is 2. The van der Waals surface area contributed by atoms with E-state index in [0.29, 0.717) is 22.5 Å². The Bertz CT molecular complexity index is 1390. The second kappa shape index (κ2) is 18.2. The Labute approximate surface area is 308 Å². The normalized spacial score (nSPS) is 14.5. The second-order valence-corrected chi connectivity index (χ2v) is 9.86. The molecule has 1 heterocycles. The predicted molar refractivity (Wildman–Crippen MR) is 162 cm³/mol. The average molecular weight is 681 g/mol. The molecule has 0 amide bonds. The molecule has 46 heavy (non-hydrogen) atoms. The van der Waals surface area contributed by atoms with Crippen molar-refractivity contribution in [3.8, 4) is 5.88 Å². The monoisotopic (exact) mass is 680 g/mol. The fourth-order valence-electron chi connectivity index (χ4n) is 4.19. The molecule has 2 N–H and O–H groups in total. The Kier molecular flexibility index (Phi) is 16.5. The summed E-state index contributed by atoms with van der Waals surface area (Å²) in [5, 5.41) is 14.8. The number of hydrogen-bond acceptors (Lipinski definition) is 7. The van der Waals surface area contributed by atoms with E-state index in [-0.39, 0.29) is 92.6 Å². The molecule has 1 saturated carbocycles. The zero-order valence-electron chi connectivity index (χ0n) is 27.3. The van der Waals surface area contributed by atoms with E-state index < -0.39 is 24.0 Å². The largest absolute Gasteiger partial charge is 1.00 e. The third kappa shape index (κ3) is 11.1. The van der Waals surface area contributed by atoms with Gasteiger partial charge in [0.2, 0.25) is 11.8 Å². The average Bonchev–Trinajstić information content (AvgIpc) is 3.84. The van der Waals surface area contributed by atoms with Gasteiger partial charge in [0.25, 0.3) is 0 Å². The number of alkyl halides is 6. The van der Waals surface area contributed by atoms with Crippen LogP contribution in [0.5, 0.6) is 5.88 Å². The molecule has 0 aliphatic heterocycles. The Morgan fingerprint density at radius 1 is 1.17 bits per heavy atom. The molecule has 0 saturated heterocycles. The first-order valence-electron chi connectivity index (χ1n) is 14.1. The van der Waals surface area contributed by atoms with Crippen LogP contribution in [0.4, 0.5) is 26.3 Å². The maximum absolute atomic E-state index is 13.9. The number of nitrogens with zero attached hydrogens (tertiary/aromatic N) is 4. The first-order valence-corrected chi connectivity index (χ1v) is 14.1. The van der Waals surface area contributed by atoms with Gasteiger partial charge in [-0.25, -0.2) is 4.98 Å². The van der Waals surface area contributed by atoms with Gasteiger partial charge in [0.15, 0.2) is 5.82 Å². The van der Waals surface area contributed by atoms with Crippen molar-refractivity contribution in [3.63, 3.8) is 0 Å². The van der Waals surface area contributed by atoms with E-state index in [1.807, 2.05) is 13.8 Å². The number of allylic oxidation sites excluding steroid dienone is 2. The van der Waals surface area contributed by atoms with Gasteiger partial charge in [-0.2, -0.15) is 31.3 Å². The van der Waals surface area contributed by atoms with Crippen LogP contribution in [0.25, 0.3) is 16.6 Å². The Morgan fingerprint density at radius 3 is 2.22 bits per heavy atom. The molecule has 1 atom stereocenters. The number of aromatic nitrogens is 2. The number of halogens is 6. The second-order valence-electron chi connectivity index (χ2n) is 9.86. The summed E-state index contributed by atoms with van der Waals surface area (Å²) >= 11 is 0. The topological polar surface area (TPSA) is 97.5 Å². The van der Waals surface area contributed by atoms with Crippen LogP contribution >= 0.6 is 0 Å². The van der Waals surface area contributed by atoms with Gasteiger partial charge in [-0.1, -0.05) is 44.7 Å². The molecular formula is C31H39F6KN6O2. The van der Waals surface area contributed by atoms with E-state index in [9.17, 15) is 26.3 Å². The SMILES string of the molecule is C=C(c1ccc(COc2nc(/C(C(=N)OC)=C(/[N-]C)C3CC3)ncc2C(NC)C(F)(F)F)cc1)N(C)/C=C(\C)C(F)(F)F.CC.[K+]. The molecule has 0 radical (unpaired) electrons. The van der Waals surface area contributed by atoms with Crippen molar-refractivity contribution in [1.82, 2.24) is 20.2 Å². The van der Waals surface area contributed by atoms with Crippen molar-refractivity contribution in [1.29, 1.82) is 5.41 Å². The molecule has 3 rings (SSSR count). The summed E-state index contributed by atoms with van der Waals surface area (Å²) in [6.07, 6.45) is -5.56. The summed E-state index contributed by atoms with van der Waals surface area (Å²) in [6.45, 7) is 8.61. The first kappa shape index (κ1) is 41.6. The number of rotatable bonds is 12. The standard InChI is InChI=1S/C29H33F6N6O2.C2H6.K/c1-16(28(30,31)32)14-41(5)17(2)19-9-7-18(8-10-19)15-43-27-21(24(38-4)29(33,34)35)13-39-26(40-27)22(25(36)42-6)23(37-3)20-11-12-20;1-2;/h7-10,13-14,20,24,36,38H,2,11-12,15H2,1,3-6H3;1-2H3;/q-1;;+1/b16-14+,23-22+,36-25?;;. The molecule has 1 fully saturated rings. The third-order valence-electron chi connectivity index (χ3n) is 6.75. The van der Waals surface area contributed by atoms with Gasteiger partial charge in [-0.15, -0.1) is 12.7 Å². The summed E-state index contributed by atoms with van der Waals surface area (Å²) in [4.78, 5) is 9.70. The summed E-state index contributed by atoms with van der Waals surface area (Å²) in [7, 11) is 5.43. The number of nitrogens with one attached hydrogen (secondary N) is 2. The van der Waals surface area contributed by atoms with E-state index in [0.717, 1.165) is 39.2 Å². The maximum atomic E-state index is 13.9. The van der Waals surface area contributed by atoms with Gasteiger partial charge < -0.3 is 25.0 Å². The van der Waals surface area contributed by atoms with Crippen LogP contribution in [0.3, 0.4) is 0 Å². The van der Waals surface area contributed by atoms with Crippen LogP contribution in [-0.2, 0) is 11.3 Å². The summed E-state index contributed by atoms with van der Waals surface area (Å²) < 4.78 is 91.3. The molecule has 1 aromatic heterocycles. The zero-order chi connectivity index (χ0) is 34.1. The van der Waals surface area contributed by atoms with Crippen molar-refractivity contribution < 1.29 is 87.2 Å². The third-order valence-corrected chi connectivity index (χ3v) is 6.75. The van der Waals surface area contributed by atoms with Crippen LogP contribution in [0.2, 0.25) is 0 Å². The van der Waals surface area contributed by atoms with Crippen LogP contribution in [0.15, 0.2) is 54.5 Å². The predicted octanol–water partition coefficient (Wildman–Crippen LogP) is 5.03. The summed E-state index contributed by atoms with van der Waals surface area (Å²) in [5.41, 5.74) is 0.902. The molecule has 8 nitrogen and oxygen atoms in total. The minimum atomic E-state index is -4.69. The van der Waals surface area contributed by atoms with Crippen molar-refractivity contribution in [2.24, 2.45) is 5.92 Å². The number of methoxy groups -OCH3 is 1. The van der Waals surface area contributed by atoms with Crippen LogP contribution < -0.4 is 61.4 Å².